The number of benzene rings is 1. The van der Waals surface area contributed by atoms with Gasteiger partial charge in [0.15, 0.2) is 0 Å². The smallest absolute Gasteiger partial charge is 0.147 e. The van der Waals surface area contributed by atoms with Crippen molar-refractivity contribution >= 4 is 5.78 Å². The first kappa shape index (κ1) is 7.31. The van der Waals surface area contributed by atoms with Crippen LogP contribution in [0.25, 0.3) is 0 Å². The highest BCUT2D eigenvalue weighted by atomic mass is 16.1. The van der Waals surface area contributed by atoms with Gasteiger partial charge >= 0.3 is 0 Å². The zero-order chi connectivity index (χ0) is 9.00. The molecular formula is C12H12O. The van der Waals surface area contributed by atoms with Gasteiger partial charge in [0.25, 0.3) is 0 Å². The first-order valence-electron chi connectivity index (χ1n) is 4.91. The van der Waals surface area contributed by atoms with Crippen molar-refractivity contribution in [3.63, 3.8) is 0 Å². The molecule has 2 unspecified atom stereocenters. The Bertz CT molecular complexity index is 392. The van der Waals surface area contributed by atoms with Crippen LogP contribution < -0.4 is 0 Å². The predicted molar refractivity (Wildman–Crippen MR) is 50.9 cm³/mol. The second kappa shape index (κ2) is 2.22. The zero-order valence-electron chi connectivity index (χ0n) is 7.71. The van der Waals surface area contributed by atoms with Gasteiger partial charge in [-0.3, -0.25) is 4.79 Å². The molecule has 2 aliphatic rings. The second-order valence-electron chi connectivity index (χ2n) is 4.22. The molecule has 13 heavy (non-hydrogen) atoms. The normalized spacial score (nSPS) is 29.5. The van der Waals surface area contributed by atoms with Gasteiger partial charge in [0.2, 0.25) is 0 Å². The van der Waals surface area contributed by atoms with Gasteiger partial charge in [-0.1, -0.05) is 23.8 Å². The molecule has 1 aromatic carbocycles. The van der Waals surface area contributed by atoms with Gasteiger partial charge in [-0.2, -0.15) is 0 Å². The molecule has 3 rings (SSSR count). The molecule has 0 radical (unpaired) electrons. The van der Waals surface area contributed by atoms with Crippen molar-refractivity contribution in [2.45, 2.75) is 31.6 Å². The molecule has 0 aliphatic heterocycles. The van der Waals surface area contributed by atoms with Crippen LogP contribution in [-0.4, -0.2) is 5.78 Å². The Morgan fingerprint density at radius 3 is 2.62 bits per heavy atom. The van der Waals surface area contributed by atoms with E-state index in [9.17, 15) is 4.79 Å². The molecule has 1 heteroatoms. The molecule has 1 nitrogen and oxygen atoms in total. The molecule has 0 spiro atoms. The predicted octanol–water partition coefficient (Wildman–Crippen LogP) is 2.54. The van der Waals surface area contributed by atoms with Crippen molar-refractivity contribution in [1.82, 2.24) is 0 Å². The molecular weight excluding hydrogens is 160 g/mol. The molecule has 0 N–H and O–H groups in total. The highest BCUT2D eigenvalue weighted by Gasteiger charge is 2.44. The summed E-state index contributed by atoms with van der Waals surface area (Å²) in [7, 11) is 0. The third kappa shape index (κ3) is 0.796. The monoisotopic (exact) mass is 172 g/mol. The highest BCUT2D eigenvalue weighted by Crippen LogP contribution is 2.50. The van der Waals surface area contributed by atoms with Crippen LogP contribution in [0.2, 0.25) is 0 Å². The summed E-state index contributed by atoms with van der Waals surface area (Å²) in [5, 5.41) is 0. The SMILES string of the molecule is Cc1ccc2c(c1)C1CCC2C1=O. The van der Waals surface area contributed by atoms with E-state index < -0.39 is 0 Å². The Morgan fingerprint density at radius 2 is 1.85 bits per heavy atom. The average Bonchev–Trinajstić information content (AvgIpc) is 2.59. The van der Waals surface area contributed by atoms with Gasteiger partial charge in [0.05, 0.1) is 0 Å². The van der Waals surface area contributed by atoms with Crippen molar-refractivity contribution in [3.05, 3.63) is 34.9 Å². The fraction of sp³-hybridized carbons (Fsp3) is 0.417. The summed E-state index contributed by atoms with van der Waals surface area (Å²) in [6.45, 7) is 2.09. The fourth-order valence-electron chi connectivity index (χ4n) is 2.79. The molecule has 66 valence electrons. The number of fused-ring (bicyclic) bond motifs is 5. The lowest BCUT2D eigenvalue weighted by atomic mass is 9.91. The Hall–Kier alpha value is -1.11. The van der Waals surface area contributed by atoms with Crippen molar-refractivity contribution in [2.24, 2.45) is 0 Å². The summed E-state index contributed by atoms with van der Waals surface area (Å²) in [6, 6.07) is 6.45. The van der Waals surface area contributed by atoms with Crippen molar-refractivity contribution < 1.29 is 4.79 Å². The number of rotatable bonds is 0. The van der Waals surface area contributed by atoms with Crippen molar-refractivity contribution in [2.75, 3.05) is 0 Å². The topological polar surface area (TPSA) is 17.1 Å². The van der Waals surface area contributed by atoms with E-state index in [2.05, 4.69) is 25.1 Å². The molecule has 2 bridgehead atoms. The van der Waals surface area contributed by atoms with Crippen LogP contribution in [0.3, 0.4) is 0 Å². The first-order valence-corrected chi connectivity index (χ1v) is 4.91. The number of carbonyl (C=O) groups excluding carboxylic acids is 1. The van der Waals surface area contributed by atoms with Crippen molar-refractivity contribution in [3.8, 4) is 0 Å². The molecule has 1 fully saturated rings. The summed E-state index contributed by atoms with van der Waals surface area (Å²) >= 11 is 0. The van der Waals surface area contributed by atoms with Crippen LogP contribution in [0.1, 0.15) is 41.4 Å². The summed E-state index contributed by atoms with van der Waals surface area (Å²) in [5.74, 6) is 0.973. The molecule has 1 aromatic rings. The quantitative estimate of drug-likeness (QED) is 0.587. The highest BCUT2D eigenvalue weighted by molar-refractivity contribution is 5.98. The standard InChI is InChI=1S/C12H12O/c1-7-2-3-8-9-4-5-10(12(9)13)11(8)6-7/h2-3,6,9-10H,4-5H2,1H3. The van der Waals surface area contributed by atoms with Crippen molar-refractivity contribution in [1.29, 1.82) is 0 Å². The second-order valence-corrected chi connectivity index (χ2v) is 4.22. The summed E-state index contributed by atoms with van der Waals surface area (Å²) in [5.41, 5.74) is 3.91. The minimum atomic E-state index is 0.250. The summed E-state index contributed by atoms with van der Waals surface area (Å²) in [6.07, 6.45) is 2.17. The number of hydrogen-bond acceptors (Lipinski definition) is 1. The molecule has 0 amide bonds. The maximum absolute atomic E-state index is 11.7. The lowest BCUT2D eigenvalue weighted by molar-refractivity contribution is -0.119. The number of ketones is 1. The average molecular weight is 172 g/mol. The van der Waals surface area contributed by atoms with E-state index in [-0.39, 0.29) is 11.8 Å². The Labute approximate surface area is 77.8 Å². The van der Waals surface area contributed by atoms with E-state index in [0.717, 1.165) is 12.8 Å². The molecule has 2 atom stereocenters. The van der Waals surface area contributed by atoms with Crippen LogP contribution in [0.5, 0.6) is 0 Å². The van der Waals surface area contributed by atoms with E-state index in [0.29, 0.717) is 5.78 Å². The molecule has 2 aliphatic carbocycles. The number of aryl methyl sites for hydroxylation is 1. The maximum Gasteiger partial charge on any atom is 0.147 e. The van der Waals surface area contributed by atoms with E-state index in [1.807, 2.05) is 0 Å². The van der Waals surface area contributed by atoms with E-state index >= 15 is 0 Å². The fourth-order valence-corrected chi connectivity index (χ4v) is 2.79. The van der Waals surface area contributed by atoms with Crippen LogP contribution >= 0.6 is 0 Å². The molecule has 1 saturated carbocycles. The van der Waals surface area contributed by atoms with Crippen LogP contribution in [0, 0.1) is 6.92 Å². The van der Waals surface area contributed by atoms with E-state index in [4.69, 9.17) is 0 Å². The Kier molecular flexibility index (Phi) is 1.25. The maximum atomic E-state index is 11.7. The number of hydrogen-bond donors (Lipinski definition) is 0. The molecule has 0 heterocycles. The van der Waals surface area contributed by atoms with E-state index in [1.165, 1.54) is 16.7 Å². The van der Waals surface area contributed by atoms with E-state index in [1.54, 1.807) is 0 Å². The summed E-state index contributed by atoms with van der Waals surface area (Å²) in [4.78, 5) is 11.7. The zero-order valence-corrected chi connectivity index (χ0v) is 7.71. The van der Waals surface area contributed by atoms with Gasteiger partial charge in [-0.25, -0.2) is 0 Å². The first-order chi connectivity index (χ1) is 6.27. The minimum Gasteiger partial charge on any atom is -0.298 e. The van der Waals surface area contributed by atoms with Gasteiger partial charge in [-0.05, 0) is 30.9 Å². The van der Waals surface area contributed by atoms with Crippen LogP contribution in [0.15, 0.2) is 18.2 Å². The van der Waals surface area contributed by atoms with Gasteiger partial charge in [0, 0.05) is 11.8 Å². The lowest BCUT2D eigenvalue weighted by Crippen LogP contribution is -1.98. The van der Waals surface area contributed by atoms with Gasteiger partial charge < -0.3 is 0 Å². The van der Waals surface area contributed by atoms with Gasteiger partial charge in [0.1, 0.15) is 5.78 Å². The minimum absolute atomic E-state index is 0.250. The lowest BCUT2D eigenvalue weighted by Gasteiger charge is -2.13. The summed E-state index contributed by atoms with van der Waals surface area (Å²) < 4.78 is 0. The number of carbonyl (C=O) groups is 1. The Morgan fingerprint density at radius 1 is 1.15 bits per heavy atom. The van der Waals surface area contributed by atoms with Crippen LogP contribution in [0.4, 0.5) is 0 Å². The van der Waals surface area contributed by atoms with Gasteiger partial charge in [-0.15, -0.1) is 0 Å². The third-order valence-corrected chi connectivity index (χ3v) is 3.42. The Balaban J connectivity index is 2.24. The molecule has 0 aromatic heterocycles. The number of Topliss-reactive ketones (excluding diaryl/α,β-unsaturated/α-hetero) is 1. The van der Waals surface area contributed by atoms with Crippen LogP contribution in [-0.2, 0) is 4.79 Å². The third-order valence-electron chi connectivity index (χ3n) is 3.42. The largest absolute Gasteiger partial charge is 0.298 e. The molecule has 0 saturated heterocycles.